The van der Waals surface area contributed by atoms with Crippen LogP contribution in [0.5, 0.6) is 0 Å². The van der Waals surface area contributed by atoms with Crippen LogP contribution in [0.15, 0.2) is 12.4 Å². The molecule has 0 saturated carbocycles. The highest BCUT2D eigenvalue weighted by Crippen LogP contribution is 2.13. The average Bonchev–Trinajstić information content (AvgIpc) is 2.75. The molecule has 6 nitrogen and oxygen atoms in total. The Morgan fingerprint density at radius 1 is 1.61 bits per heavy atom. The summed E-state index contributed by atoms with van der Waals surface area (Å²) >= 11 is 0. The molecular weight excluding hydrogens is 232 g/mol. The molecular formula is C12H22N4O2. The van der Waals surface area contributed by atoms with Gasteiger partial charge in [0.15, 0.2) is 0 Å². The minimum Gasteiger partial charge on any atom is -0.396 e. The Bertz CT molecular complexity index is 363. The second-order valence-electron chi connectivity index (χ2n) is 4.93. The summed E-state index contributed by atoms with van der Waals surface area (Å²) in [6.45, 7) is 2.76. The van der Waals surface area contributed by atoms with Crippen molar-refractivity contribution in [2.24, 2.45) is 0 Å². The zero-order valence-corrected chi connectivity index (χ0v) is 10.8. The third-order valence-electron chi connectivity index (χ3n) is 3.36. The van der Waals surface area contributed by atoms with E-state index in [2.05, 4.69) is 17.0 Å². The Morgan fingerprint density at radius 3 is 2.94 bits per heavy atom. The SMILES string of the molecule is CN(CC(O)Cn1cc(N)cn1)C1CCOCC1. The van der Waals surface area contributed by atoms with Crippen LogP contribution in [0, 0.1) is 0 Å². The molecule has 0 radical (unpaired) electrons. The molecule has 3 N–H and O–H groups in total. The summed E-state index contributed by atoms with van der Waals surface area (Å²) in [6, 6.07) is 0.510. The van der Waals surface area contributed by atoms with Crippen molar-refractivity contribution in [1.29, 1.82) is 0 Å². The number of aliphatic hydroxyl groups excluding tert-OH is 1. The zero-order chi connectivity index (χ0) is 13.0. The van der Waals surface area contributed by atoms with Crippen LogP contribution >= 0.6 is 0 Å². The predicted octanol–water partition coefficient (Wildman–Crippen LogP) is -0.0630. The lowest BCUT2D eigenvalue weighted by Gasteiger charge is -2.32. The highest BCUT2D eigenvalue weighted by atomic mass is 16.5. The third-order valence-corrected chi connectivity index (χ3v) is 3.36. The van der Waals surface area contributed by atoms with E-state index in [0.29, 0.717) is 24.8 Å². The number of hydrogen-bond acceptors (Lipinski definition) is 5. The summed E-state index contributed by atoms with van der Waals surface area (Å²) < 4.78 is 7.01. The Morgan fingerprint density at radius 2 is 2.33 bits per heavy atom. The number of aromatic nitrogens is 2. The zero-order valence-electron chi connectivity index (χ0n) is 10.8. The highest BCUT2D eigenvalue weighted by Gasteiger charge is 2.20. The largest absolute Gasteiger partial charge is 0.396 e. The van der Waals surface area contributed by atoms with E-state index in [1.165, 1.54) is 0 Å². The van der Waals surface area contributed by atoms with Gasteiger partial charge in [0.25, 0.3) is 0 Å². The first-order valence-electron chi connectivity index (χ1n) is 6.39. The van der Waals surface area contributed by atoms with Crippen molar-refractivity contribution in [2.45, 2.75) is 31.5 Å². The monoisotopic (exact) mass is 254 g/mol. The lowest BCUT2D eigenvalue weighted by atomic mass is 10.1. The van der Waals surface area contributed by atoms with Crippen LogP contribution in [-0.2, 0) is 11.3 Å². The van der Waals surface area contributed by atoms with Crippen molar-refractivity contribution >= 4 is 5.69 Å². The van der Waals surface area contributed by atoms with E-state index < -0.39 is 6.10 Å². The fraction of sp³-hybridized carbons (Fsp3) is 0.750. The van der Waals surface area contributed by atoms with Gasteiger partial charge in [-0.2, -0.15) is 5.10 Å². The van der Waals surface area contributed by atoms with Gasteiger partial charge in [-0.3, -0.25) is 4.68 Å². The second-order valence-corrected chi connectivity index (χ2v) is 4.93. The molecule has 1 aromatic heterocycles. The van der Waals surface area contributed by atoms with E-state index >= 15 is 0 Å². The molecule has 1 saturated heterocycles. The van der Waals surface area contributed by atoms with Gasteiger partial charge in [-0.25, -0.2) is 0 Å². The number of nitrogen functional groups attached to an aromatic ring is 1. The van der Waals surface area contributed by atoms with Crippen LogP contribution in [0.25, 0.3) is 0 Å². The quantitative estimate of drug-likeness (QED) is 0.769. The van der Waals surface area contributed by atoms with Gasteiger partial charge >= 0.3 is 0 Å². The van der Waals surface area contributed by atoms with Gasteiger partial charge in [-0.15, -0.1) is 0 Å². The number of rotatable bonds is 5. The topological polar surface area (TPSA) is 76.5 Å². The maximum Gasteiger partial charge on any atom is 0.0862 e. The van der Waals surface area contributed by atoms with Crippen molar-refractivity contribution in [3.05, 3.63) is 12.4 Å². The molecule has 0 spiro atoms. The summed E-state index contributed by atoms with van der Waals surface area (Å²) in [4.78, 5) is 2.21. The summed E-state index contributed by atoms with van der Waals surface area (Å²) in [6.07, 6.45) is 4.97. The van der Waals surface area contributed by atoms with Gasteiger partial charge in [0.05, 0.1) is 24.5 Å². The lowest BCUT2D eigenvalue weighted by Crippen LogP contribution is -2.41. The molecule has 0 aliphatic carbocycles. The molecule has 102 valence electrons. The second kappa shape index (κ2) is 6.17. The van der Waals surface area contributed by atoms with Gasteiger partial charge < -0.3 is 20.5 Å². The molecule has 6 heteroatoms. The van der Waals surface area contributed by atoms with E-state index in [9.17, 15) is 5.11 Å². The average molecular weight is 254 g/mol. The van der Waals surface area contributed by atoms with Gasteiger partial charge in [0.2, 0.25) is 0 Å². The van der Waals surface area contributed by atoms with Crippen LogP contribution in [0.1, 0.15) is 12.8 Å². The van der Waals surface area contributed by atoms with Gasteiger partial charge in [-0.05, 0) is 19.9 Å². The molecule has 0 aromatic carbocycles. The molecule has 1 atom stereocenters. The number of aliphatic hydroxyl groups is 1. The van der Waals surface area contributed by atoms with Crippen molar-refractivity contribution < 1.29 is 9.84 Å². The molecule has 0 amide bonds. The van der Waals surface area contributed by atoms with E-state index in [4.69, 9.17) is 10.5 Å². The fourth-order valence-electron chi connectivity index (χ4n) is 2.36. The van der Waals surface area contributed by atoms with Crippen molar-refractivity contribution in [3.63, 3.8) is 0 Å². The number of nitrogens with two attached hydrogens (primary N) is 1. The smallest absolute Gasteiger partial charge is 0.0862 e. The molecule has 1 aliphatic heterocycles. The van der Waals surface area contributed by atoms with Crippen molar-refractivity contribution in [3.8, 4) is 0 Å². The number of nitrogens with zero attached hydrogens (tertiary/aromatic N) is 3. The van der Waals surface area contributed by atoms with Crippen LogP contribution in [0.4, 0.5) is 5.69 Å². The predicted molar refractivity (Wildman–Crippen MR) is 69.1 cm³/mol. The van der Waals surface area contributed by atoms with Crippen LogP contribution < -0.4 is 5.73 Å². The Kier molecular flexibility index (Phi) is 4.57. The summed E-state index contributed by atoms with van der Waals surface area (Å²) in [5, 5.41) is 14.1. The number of hydrogen-bond donors (Lipinski definition) is 2. The summed E-state index contributed by atoms with van der Waals surface area (Å²) in [5.41, 5.74) is 6.21. The van der Waals surface area contributed by atoms with E-state index in [1.54, 1.807) is 17.1 Å². The molecule has 1 aromatic rings. The maximum absolute atomic E-state index is 10.0. The highest BCUT2D eigenvalue weighted by molar-refractivity contribution is 5.30. The lowest BCUT2D eigenvalue weighted by molar-refractivity contribution is 0.0220. The van der Waals surface area contributed by atoms with Crippen molar-refractivity contribution in [1.82, 2.24) is 14.7 Å². The minimum absolute atomic E-state index is 0.433. The summed E-state index contributed by atoms with van der Waals surface area (Å²) in [5.74, 6) is 0. The van der Waals surface area contributed by atoms with Gasteiger partial charge in [0.1, 0.15) is 0 Å². The third kappa shape index (κ3) is 3.69. The first-order valence-corrected chi connectivity index (χ1v) is 6.39. The Hall–Kier alpha value is -1.11. The molecule has 2 rings (SSSR count). The van der Waals surface area contributed by atoms with Crippen LogP contribution in [0.2, 0.25) is 0 Å². The molecule has 1 unspecified atom stereocenters. The normalized spacial score (nSPS) is 19.3. The molecule has 2 heterocycles. The minimum atomic E-state index is -0.433. The maximum atomic E-state index is 10.0. The summed E-state index contributed by atoms with van der Waals surface area (Å²) in [7, 11) is 2.05. The fourth-order valence-corrected chi connectivity index (χ4v) is 2.36. The van der Waals surface area contributed by atoms with Crippen LogP contribution in [-0.4, -0.2) is 58.7 Å². The first-order chi connectivity index (χ1) is 8.65. The Labute approximate surface area is 107 Å². The van der Waals surface area contributed by atoms with E-state index in [1.807, 2.05) is 0 Å². The Balaban J connectivity index is 1.77. The van der Waals surface area contributed by atoms with Gasteiger partial charge in [-0.1, -0.05) is 0 Å². The number of anilines is 1. The van der Waals surface area contributed by atoms with Crippen LogP contribution in [0.3, 0.4) is 0 Å². The van der Waals surface area contributed by atoms with Crippen molar-refractivity contribution in [2.75, 3.05) is 32.5 Å². The molecule has 1 aliphatic rings. The standard InChI is InChI=1S/C12H22N4O2/c1-15(11-2-4-18-5-3-11)8-12(17)9-16-7-10(13)6-14-16/h6-7,11-12,17H,2-5,8-9,13H2,1H3. The molecule has 18 heavy (non-hydrogen) atoms. The number of ether oxygens (including phenoxy) is 1. The molecule has 1 fully saturated rings. The number of likely N-dealkylation sites (N-methyl/N-ethyl adjacent to an activating group) is 1. The first kappa shape index (κ1) is 13.3. The molecule has 0 bridgehead atoms. The van der Waals surface area contributed by atoms with E-state index in [0.717, 1.165) is 26.1 Å². The van der Waals surface area contributed by atoms with E-state index in [-0.39, 0.29) is 0 Å². The van der Waals surface area contributed by atoms with Gasteiger partial charge in [0, 0.05) is 32.0 Å².